The maximum atomic E-state index is 6.10. The summed E-state index contributed by atoms with van der Waals surface area (Å²) in [7, 11) is 5.08. The van der Waals surface area contributed by atoms with Gasteiger partial charge in [0.1, 0.15) is 17.6 Å². The molecule has 112 valence electrons. The van der Waals surface area contributed by atoms with Gasteiger partial charge in [0.05, 0.1) is 12.7 Å². The first kappa shape index (κ1) is 15.8. The van der Waals surface area contributed by atoms with Gasteiger partial charge in [-0.05, 0) is 12.1 Å². The lowest BCUT2D eigenvalue weighted by atomic mass is 10.0. The first-order valence-corrected chi connectivity index (χ1v) is 7.58. The third kappa shape index (κ3) is 3.96. The molecule has 0 spiro atoms. The first-order chi connectivity index (χ1) is 9.78. The SMILES string of the molecule is COC[C@H]1O[C@@H](Sc2ccccc2)C[C@@H](OC)[C@@H]1OC. The van der Waals surface area contributed by atoms with Crippen molar-refractivity contribution in [1.82, 2.24) is 0 Å². The monoisotopic (exact) mass is 298 g/mol. The number of benzene rings is 1. The Morgan fingerprint density at radius 1 is 1.15 bits per heavy atom. The molecule has 0 amide bonds. The summed E-state index contributed by atoms with van der Waals surface area (Å²) in [6.07, 6.45) is 0.627. The molecule has 0 unspecified atom stereocenters. The van der Waals surface area contributed by atoms with E-state index in [0.29, 0.717) is 6.61 Å². The quantitative estimate of drug-likeness (QED) is 0.807. The summed E-state index contributed by atoms with van der Waals surface area (Å²) < 4.78 is 22.4. The number of hydrogen-bond acceptors (Lipinski definition) is 5. The highest BCUT2D eigenvalue weighted by Gasteiger charge is 2.39. The molecule has 5 heteroatoms. The van der Waals surface area contributed by atoms with Crippen molar-refractivity contribution in [1.29, 1.82) is 0 Å². The Kier molecular flexibility index (Phi) is 6.32. The predicted octanol–water partition coefficient (Wildman–Crippen LogP) is 2.57. The second kappa shape index (κ2) is 8.00. The van der Waals surface area contributed by atoms with Crippen LogP contribution in [-0.2, 0) is 18.9 Å². The van der Waals surface area contributed by atoms with Crippen LogP contribution < -0.4 is 0 Å². The summed E-state index contributed by atoms with van der Waals surface area (Å²) in [6.45, 7) is 0.504. The van der Waals surface area contributed by atoms with E-state index in [2.05, 4.69) is 12.1 Å². The molecule has 20 heavy (non-hydrogen) atoms. The van der Waals surface area contributed by atoms with E-state index in [0.717, 1.165) is 6.42 Å². The lowest BCUT2D eigenvalue weighted by molar-refractivity contribution is -0.179. The van der Waals surface area contributed by atoms with Gasteiger partial charge in [-0.2, -0.15) is 0 Å². The van der Waals surface area contributed by atoms with Crippen LogP contribution in [0.3, 0.4) is 0 Å². The van der Waals surface area contributed by atoms with Crippen LogP contribution in [0.15, 0.2) is 35.2 Å². The molecule has 1 aromatic rings. The normalized spacial score (nSPS) is 30.4. The van der Waals surface area contributed by atoms with Crippen molar-refractivity contribution >= 4 is 11.8 Å². The first-order valence-electron chi connectivity index (χ1n) is 6.70. The Labute approximate surface area is 124 Å². The van der Waals surface area contributed by atoms with Crippen LogP contribution in [0, 0.1) is 0 Å². The largest absolute Gasteiger partial charge is 0.382 e. The summed E-state index contributed by atoms with van der Waals surface area (Å²) in [6, 6.07) is 10.2. The topological polar surface area (TPSA) is 36.9 Å². The molecule has 1 aliphatic heterocycles. The molecule has 4 atom stereocenters. The lowest BCUT2D eigenvalue weighted by Gasteiger charge is -2.40. The molecule has 0 N–H and O–H groups in total. The van der Waals surface area contributed by atoms with Crippen LogP contribution in [0.5, 0.6) is 0 Å². The highest BCUT2D eigenvalue weighted by Crippen LogP contribution is 2.34. The zero-order valence-electron chi connectivity index (χ0n) is 12.2. The zero-order chi connectivity index (χ0) is 14.4. The van der Waals surface area contributed by atoms with Gasteiger partial charge >= 0.3 is 0 Å². The van der Waals surface area contributed by atoms with Crippen molar-refractivity contribution in [3.05, 3.63) is 30.3 Å². The summed E-state index contributed by atoms with van der Waals surface area (Å²) >= 11 is 1.71. The Bertz CT molecular complexity index is 387. The van der Waals surface area contributed by atoms with Crippen molar-refractivity contribution < 1.29 is 18.9 Å². The highest BCUT2D eigenvalue weighted by atomic mass is 32.2. The molecule has 1 aliphatic rings. The number of methoxy groups -OCH3 is 3. The second-order valence-corrected chi connectivity index (χ2v) is 5.93. The van der Waals surface area contributed by atoms with E-state index in [4.69, 9.17) is 18.9 Å². The van der Waals surface area contributed by atoms with E-state index in [1.54, 1.807) is 33.1 Å². The standard InChI is InChI=1S/C15H22O4S/c1-16-10-13-15(18-3)12(17-2)9-14(19-13)20-11-7-5-4-6-8-11/h4-8,12-15H,9-10H2,1-3H3/t12-,13-,14+,15+/m1/s1. The fourth-order valence-corrected chi connectivity index (χ4v) is 3.55. The van der Waals surface area contributed by atoms with Gasteiger partial charge < -0.3 is 18.9 Å². The van der Waals surface area contributed by atoms with Crippen LogP contribution in [0.25, 0.3) is 0 Å². The summed E-state index contributed by atoms with van der Waals surface area (Å²) in [5.41, 5.74) is 0.0499. The van der Waals surface area contributed by atoms with E-state index >= 15 is 0 Å². The number of hydrogen-bond donors (Lipinski definition) is 0. The van der Waals surface area contributed by atoms with Gasteiger partial charge in [-0.1, -0.05) is 30.0 Å². The predicted molar refractivity (Wildman–Crippen MR) is 79.0 cm³/mol. The van der Waals surface area contributed by atoms with Crippen LogP contribution in [-0.4, -0.2) is 51.7 Å². The zero-order valence-corrected chi connectivity index (χ0v) is 13.0. The molecular formula is C15H22O4S. The van der Waals surface area contributed by atoms with E-state index in [1.165, 1.54) is 4.90 Å². The van der Waals surface area contributed by atoms with E-state index in [-0.39, 0.29) is 23.7 Å². The van der Waals surface area contributed by atoms with Crippen molar-refractivity contribution in [2.45, 2.75) is 35.1 Å². The van der Waals surface area contributed by atoms with Crippen molar-refractivity contribution in [2.24, 2.45) is 0 Å². The van der Waals surface area contributed by atoms with Crippen molar-refractivity contribution in [3.8, 4) is 0 Å². The molecule has 1 heterocycles. The van der Waals surface area contributed by atoms with Crippen LogP contribution >= 0.6 is 11.8 Å². The fourth-order valence-electron chi connectivity index (χ4n) is 2.45. The van der Waals surface area contributed by atoms with Crippen molar-refractivity contribution in [3.63, 3.8) is 0 Å². The number of rotatable bonds is 6. The second-order valence-electron chi connectivity index (χ2n) is 4.70. The minimum absolute atomic E-state index is 0.0233. The minimum atomic E-state index is -0.107. The van der Waals surface area contributed by atoms with Crippen LogP contribution in [0.4, 0.5) is 0 Å². The average molecular weight is 298 g/mol. The molecule has 1 fully saturated rings. The molecule has 4 nitrogen and oxygen atoms in total. The highest BCUT2D eigenvalue weighted by molar-refractivity contribution is 7.99. The van der Waals surface area contributed by atoms with E-state index < -0.39 is 0 Å². The average Bonchev–Trinajstić information content (AvgIpc) is 2.48. The number of thioether (sulfide) groups is 1. The third-order valence-electron chi connectivity index (χ3n) is 3.40. The Hall–Kier alpha value is -0.590. The van der Waals surface area contributed by atoms with Crippen molar-refractivity contribution in [2.75, 3.05) is 27.9 Å². The molecule has 0 radical (unpaired) electrons. The van der Waals surface area contributed by atoms with Crippen LogP contribution in [0.1, 0.15) is 6.42 Å². The smallest absolute Gasteiger partial charge is 0.112 e. The third-order valence-corrected chi connectivity index (χ3v) is 4.51. The Morgan fingerprint density at radius 2 is 1.90 bits per heavy atom. The molecule has 0 aliphatic carbocycles. The van der Waals surface area contributed by atoms with Gasteiger partial charge in [0, 0.05) is 32.6 Å². The maximum absolute atomic E-state index is 6.10. The molecule has 1 aromatic carbocycles. The molecule has 2 rings (SSSR count). The molecule has 0 bridgehead atoms. The van der Waals surface area contributed by atoms with Gasteiger partial charge in [0.2, 0.25) is 0 Å². The van der Waals surface area contributed by atoms with Gasteiger partial charge in [0.15, 0.2) is 0 Å². The van der Waals surface area contributed by atoms with E-state index in [1.807, 2.05) is 18.2 Å². The van der Waals surface area contributed by atoms with Gasteiger partial charge in [0.25, 0.3) is 0 Å². The van der Waals surface area contributed by atoms with Gasteiger partial charge in [-0.15, -0.1) is 0 Å². The maximum Gasteiger partial charge on any atom is 0.112 e. The lowest BCUT2D eigenvalue weighted by Crippen LogP contribution is -2.51. The molecular weight excluding hydrogens is 276 g/mol. The molecule has 0 saturated carbocycles. The minimum Gasteiger partial charge on any atom is -0.382 e. The molecule has 1 saturated heterocycles. The Balaban J connectivity index is 2.04. The van der Waals surface area contributed by atoms with Gasteiger partial charge in [-0.3, -0.25) is 0 Å². The summed E-state index contributed by atoms with van der Waals surface area (Å²) in [4.78, 5) is 1.19. The fraction of sp³-hybridized carbons (Fsp3) is 0.600. The summed E-state index contributed by atoms with van der Waals surface area (Å²) in [5.74, 6) is 0. The Morgan fingerprint density at radius 3 is 2.50 bits per heavy atom. The van der Waals surface area contributed by atoms with Gasteiger partial charge in [-0.25, -0.2) is 0 Å². The summed E-state index contributed by atoms with van der Waals surface area (Å²) in [5, 5.41) is 0. The van der Waals surface area contributed by atoms with Crippen LogP contribution in [0.2, 0.25) is 0 Å². The molecule has 0 aromatic heterocycles. The van der Waals surface area contributed by atoms with E-state index in [9.17, 15) is 0 Å². The number of ether oxygens (including phenoxy) is 4.